The van der Waals surface area contributed by atoms with Gasteiger partial charge in [-0.1, -0.05) is 38.4 Å². The molecule has 1 aliphatic heterocycles. The zero-order valence-electron chi connectivity index (χ0n) is 22.5. The number of benzene rings is 2. The summed E-state index contributed by atoms with van der Waals surface area (Å²) >= 11 is 0. The average molecular weight is 539 g/mol. The van der Waals surface area contributed by atoms with E-state index >= 15 is 0 Å². The van der Waals surface area contributed by atoms with Gasteiger partial charge in [0, 0.05) is 44.9 Å². The Balaban J connectivity index is 0.00000420. The number of hydrogen-bond acceptors (Lipinski definition) is 7. The fourth-order valence-electron chi connectivity index (χ4n) is 4.60. The summed E-state index contributed by atoms with van der Waals surface area (Å²) in [5.74, 6) is 0.361. The molecule has 4 rings (SSSR count). The molecule has 39 heavy (non-hydrogen) atoms. The van der Waals surface area contributed by atoms with Crippen molar-refractivity contribution < 1.29 is 18.5 Å². The smallest absolute Gasteiger partial charge is 0.256 e. The predicted octanol–water partition coefficient (Wildman–Crippen LogP) is 4.63. The van der Waals surface area contributed by atoms with Gasteiger partial charge in [-0.15, -0.1) is 0 Å². The summed E-state index contributed by atoms with van der Waals surface area (Å²) in [6.45, 7) is 7.39. The third-order valence-electron chi connectivity index (χ3n) is 6.75. The van der Waals surface area contributed by atoms with Crippen molar-refractivity contribution in [3.8, 4) is 11.4 Å². The van der Waals surface area contributed by atoms with Crippen LogP contribution in [0, 0.1) is 19.7 Å². The van der Waals surface area contributed by atoms with E-state index in [1.807, 2.05) is 30.1 Å². The van der Waals surface area contributed by atoms with E-state index in [1.165, 1.54) is 12.1 Å². The van der Waals surface area contributed by atoms with Gasteiger partial charge in [0.1, 0.15) is 5.82 Å². The summed E-state index contributed by atoms with van der Waals surface area (Å²) in [7, 11) is 1.71. The number of carbonyl (C=O) groups is 2. The molecular formula is C29H39FN6O3. The normalized spacial score (nSPS) is 12.5. The van der Waals surface area contributed by atoms with Crippen LogP contribution < -0.4 is 10.2 Å². The number of unbranched alkanes of at least 4 members (excludes halogenated alkanes) is 2. The van der Waals surface area contributed by atoms with E-state index in [2.05, 4.69) is 22.4 Å². The van der Waals surface area contributed by atoms with E-state index in [4.69, 9.17) is 4.52 Å². The Morgan fingerprint density at radius 2 is 1.85 bits per heavy atom. The maximum Gasteiger partial charge on any atom is 0.256 e. The minimum Gasteiger partial charge on any atom is -0.355 e. The van der Waals surface area contributed by atoms with E-state index in [1.54, 1.807) is 29.9 Å². The third kappa shape index (κ3) is 7.41. The van der Waals surface area contributed by atoms with Crippen LogP contribution in [0.25, 0.3) is 11.4 Å². The monoisotopic (exact) mass is 538 g/mol. The first-order valence-corrected chi connectivity index (χ1v) is 13.0. The van der Waals surface area contributed by atoms with Crippen LogP contribution in [0.15, 0.2) is 40.9 Å². The topological polar surface area (TPSA) is 94.8 Å². The standard InChI is InChI=1S/C28H35FN6O3.CH4/c1-5-6-7-12-30-26(36)17-34(25-11-9-21(13-19(25)2)28-31-20(3)38-32-28)18-27(37)33(4)35-15-22-8-10-24(29)14-23(22)16-35;/h8-11,13-14H,5-7,12,15-18H2,1-4H3,(H,30,36);1H4. The van der Waals surface area contributed by atoms with Gasteiger partial charge >= 0.3 is 0 Å². The molecule has 1 aliphatic rings. The number of rotatable bonds is 11. The average Bonchev–Trinajstić information content (AvgIpc) is 3.51. The molecular weight excluding hydrogens is 499 g/mol. The van der Waals surface area contributed by atoms with Crippen molar-refractivity contribution in [2.45, 2.75) is 60.5 Å². The number of hydrazine groups is 1. The molecule has 2 aromatic carbocycles. The van der Waals surface area contributed by atoms with Crippen molar-refractivity contribution in [3.63, 3.8) is 0 Å². The lowest BCUT2D eigenvalue weighted by Gasteiger charge is -2.32. The molecule has 10 heteroatoms. The van der Waals surface area contributed by atoms with Crippen molar-refractivity contribution in [3.05, 3.63) is 64.8 Å². The number of likely N-dealkylation sites (N-methyl/N-ethyl adjacent to an activating group) is 1. The molecule has 2 heterocycles. The summed E-state index contributed by atoms with van der Waals surface area (Å²) in [4.78, 5) is 32.3. The molecule has 1 aromatic heterocycles. The molecule has 3 aromatic rings. The molecule has 0 spiro atoms. The largest absolute Gasteiger partial charge is 0.355 e. The van der Waals surface area contributed by atoms with Crippen LogP contribution in [-0.2, 0) is 22.7 Å². The number of nitrogens with zero attached hydrogens (tertiary/aromatic N) is 5. The lowest BCUT2D eigenvalue weighted by Crippen LogP contribution is -2.48. The molecule has 0 saturated carbocycles. The fourth-order valence-corrected chi connectivity index (χ4v) is 4.60. The first-order chi connectivity index (χ1) is 18.2. The number of anilines is 1. The first-order valence-electron chi connectivity index (χ1n) is 13.0. The van der Waals surface area contributed by atoms with E-state index in [0.717, 1.165) is 47.2 Å². The number of halogens is 1. The second kappa shape index (κ2) is 13.3. The number of aromatic nitrogens is 2. The van der Waals surface area contributed by atoms with Crippen molar-refractivity contribution in [2.24, 2.45) is 0 Å². The van der Waals surface area contributed by atoms with Crippen molar-refractivity contribution in [2.75, 3.05) is 31.6 Å². The Bertz CT molecular complexity index is 1290. The maximum absolute atomic E-state index is 13.7. The zero-order valence-corrected chi connectivity index (χ0v) is 22.5. The molecule has 0 atom stereocenters. The zero-order chi connectivity index (χ0) is 27.2. The number of aryl methyl sites for hydroxylation is 2. The van der Waals surface area contributed by atoms with Gasteiger partial charge in [0.15, 0.2) is 0 Å². The Morgan fingerprint density at radius 1 is 1.08 bits per heavy atom. The van der Waals surface area contributed by atoms with Crippen LogP contribution in [0.1, 0.15) is 56.2 Å². The summed E-state index contributed by atoms with van der Waals surface area (Å²) in [5, 5.41) is 10.4. The maximum atomic E-state index is 13.7. The van der Waals surface area contributed by atoms with Gasteiger partial charge in [-0.25, -0.2) is 9.40 Å². The van der Waals surface area contributed by atoms with Gasteiger partial charge in [0.25, 0.3) is 5.91 Å². The molecule has 1 N–H and O–H groups in total. The molecule has 0 unspecified atom stereocenters. The molecule has 0 bridgehead atoms. The van der Waals surface area contributed by atoms with Crippen LogP contribution in [0.4, 0.5) is 10.1 Å². The highest BCUT2D eigenvalue weighted by Gasteiger charge is 2.27. The minimum absolute atomic E-state index is 0. The number of carbonyl (C=O) groups excluding carboxylic acids is 2. The van der Waals surface area contributed by atoms with E-state index in [-0.39, 0.29) is 38.1 Å². The van der Waals surface area contributed by atoms with Gasteiger partial charge in [0.05, 0.1) is 13.1 Å². The van der Waals surface area contributed by atoms with Crippen molar-refractivity contribution in [1.82, 2.24) is 25.5 Å². The second-order valence-corrected chi connectivity index (χ2v) is 9.70. The Morgan fingerprint density at radius 3 is 2.54 bits per heavy atom. The molecule has 0 fully saturated rings. The van der Waals surface area contributed by atoms with Crippen LogP contribution >= 0.6 is 0 Å². The number of nitrogens with one attached hydrogen (secondary N) is 1. The van der Waals surface area contributed by atoms with Crippen LogP contribution in [0.3, 0.4) is 0 Å². The summed E-state index contributed by atoms with van der Waals surface area (Å²) in [5.41, 5.74) is 4.31. The molecule has 0 radical (unpaired) electrons. The van der Waals surface area contributed by atoms with Gasteiger partial charge in [0.2, 0.25) is 17.6 Å². The molecule has 0 aliphatic carbocycles. The summed E-state index contributed by atoms with van der Waals surface area (Å²) < 4.78 is 18.8. The van der Waals surface area contributed by atoms with Gasteiger partial charge in [-0.3, -0.25) is 14.6 Å². The van der Waals surface area contributed by atoms with Gasteiger partial charge < -0.3 is 14.7 Å². The summed E-state index contributed by atoms with van der Waals surface area (Å²) in [6.07, 6.45) is 3.03. The molecule has 210 valence electrons. The molecule has 2 amide bonds. The Kier molecular flexibility index (Phi) is 10.2. The van der Waals surface area contributed by atoms with E-state index in [9.17, 15) is 14.0 Å². The minimum atomic E-state index is -0.286. The predicted molar refractivity (Wildman–Crippen MR) is 149 cm³/mol. The number of amides is 2. The summed E-state index contributed by atoms with van der Waals surface area (Å²) in [6, 6.07) is 10.4. The highest BCUT2D eigenvalue weighted by molar-refractivity contribution is 5.87. The quantitative estimate of drug-likeness (QED) is 0.356. The number of fused-ring (bicyclic) bond motifs is 1. The molecule has 9 nitrogen and oxygen atoms in total. The van der Waals surface area contributed by atoms with Crippen molar-refractivity contribution in [1.29, 1.82) is 0 Å². The third-order valence-corrected chi connectivity index (χ3v) is 6.75. The first kappa shape index (κ1) is 29.8. The lowest BCUT2D eigenvalue weighted by atomic mass is 10.1. The Hall–Kier alpha value is -3.79. The fraction of sp³-hybridized carbons (Fsp3) is 0.448. The second-order valence-electron chi connectivity index (χ2n) is 9.70. The van der Waals surface area contributed by atoms with Gasteiger partial charge in [-0.05, 0) is 60.4 Å². The van der Waals surface area contributed by atoms with E-state index < -0.39 is 0 Å². The highest BCUT2D eigenvalue weighted by Crippen LogP contribution is 2.27. The van der Waals surface area contributed by atoms with Gasteiger partial charge in [-0.2, -0.15) is 4.98 Å². The SMILES string of the molecule is C.CCCCCNC(=O)CN(CC(=O)N(C)N1Cc2ccc(F)cc2C1)c1ccc(-c2noc(C)n2)cc1C. The van der Waals surface area contributed by atoms with Crippen LogP contribution in [0.5, 0.6) is 0 Å². The number of hydrogen-bond donors (Lipinski definition) is 1. The van der Waals surface area contributed by atoms with Crippen LogP contribution in [0.2, 0.25) is 0 Å². The Labute approximate surface area is 229 Å². The highest BCUT2D eigenvalue weighted by atomic mass is 19.1. The van der Waals surface area contributed by atoms with E-state index in [0.29, 0.717) is 31.3 Å². The molecule has 0 saturated heterocycles. The van der Waals surface area contributed by atoms with Crippen molar-refractivity contribution >= 4 is 17.5 Å². The van der Waals surface area contributed by atoms with Crippen LogP contribution in [-0.4, -0.2) is 58.7 Å². The lowest BCUT2D eigenvalue weighted by molar-refractivity contribution is -0.145.